The van der Waals surface area contributed by atoms with E-state index in [4.69, 9.17) is 15.2 Å². The summed E-state index contributed by atoms with van der Waals surface area (Å²) < 4.78 is 0.881. The molecular formula is C6H5BBr2O3. The van der Waals surface area contributed by atoms with Crippen molar-refractivity contribution >= 4 is 44.4 Å². The molecule has 0 bridgehead atoms. The maximum atomic E-state index is 9.17. The average molecular weight is 296 g/mol. The van der Waals surface area contributed by atoms with Crippen LogP contribution in [0.2, 0.25) is 0 Å². The van der Waals surface area contributed by atoms with Gasteiger partial charge < -0.3 is 15.2 Å². The SMILES string of the molecule is OB(O)c1cc(Br)c(O)cc1Br. The second-order valence-corrected chi connectivity index (χ2v) is 3.91. The first-order valence-corrected chi connectivity index (χ1v) is 4.65. The first-order chi connectivity index (χ1) is 5.52. The monoisotopic (exact) mass is 294 g/mol. The van der Waals surface area contributed by atoms with Crippen LogP contribution in [0.25, 0.3) is 0 Å². The van der Waals surface area contributed by atoms with E-state index in [1.165, 1.54) is 12.1 Å². The molecule has 0 saturated carbocycles. The van der Waals surface area contributed by atoms with Gasteiger partial charge in [-0.2, -0.15) is 0 Å². The van der Waals surface area contributed by atoms with E-state index in [0.29, 0.717) is 14.4 Å². The molecule has 0 aliphatic rings. The van der Waals surface area contributed by atoms with E-state index in [0.717, 1.165) is 0 Å². The van der Waals surface area contributed by atoms with Gasteiger partial charge >= 0.3 is 7.12 Å². The van der Waals surface area contributed by atoms with Crippen LogP contribution in [0.1, 0.15) is 0 Å². The molecule has 0 saturated heterocycles. The van der Waals surface area contributed by atoms with Gasteiger partial charge in [-0.15, -0.1) is 0 Å². The number of halogens is 2. The highest BCUT2D eigenvalue weighted by molar-refractivity contribution is 9.11. The zero-order chi connectivity index (χ0) is 9.30. The summed E-state index contributed by atoms with van der Waals surface area (Å²) in [5.41, 5.74) is 0.305. The Bertz CT molecular complexity index is 303. The molecule has 0 aliphatic heterocycles. The number of hydrogen-bond donors (Lipinski definition) is 3. The van der Waals surface area contributed by atoms with Gasteiger partial charge in [0.2, 0.25) is 0 Å². The van der Waals surface area contributed by atoms with Crippen molar-refractivity contribution < 1.29 is 15.2 Å². The van der Waals surface area contributed by atoms with Gasteiger partial charge in [0.05, 0.1) is 4.47 Å². The largest absolute Gasteiger partial charge is 0.507 e. The molecule has 1 aromatic carbocycles. The molecule has 0 unspecified atom stereocenters. The summed E-state index contributed by atoms with van der Waals surface area (Å²) in [6.07, 6.45) is 0. The molecule has 0 amide bonds. The van der Waals surface area contributed by atoms with E-state index < -0.39 is 7.12 Å². The van der Waals surface area contributed by atoms with Crippen molar-refractivity contribution in [1.29, 1.82) is 0 Å². The van der Waals surface area contributed by atoms with Gasteiger partial charge in [0.15, 0.2) is 0 Å². The van der Waals surface area contributed by atoms with Gasteiger partial charge in [-0.1, -0.05) is 15.9 Å². The van der Waals surface area contributed by atoms with Crippen molar-refractivity contribution in [3.63, 3.8) is 0 Å². The van der Waals surface area contributed by atoms with Crippen molar-refractivity contribution in [2.45, 2.75) is 0 Å². The van der Waals surface area contributed by atoms with Crippen LogP contribution in [0.3, 0.4) is 0 Å². The second kappa shape index (κ2) is 3.78. The van der Waals surface area contributed by atoms with Crippen LogP contribution in [-0.4, -0.2) is 22.3 Å². The molecule has 1 rings (SSSR count). The second-order valence-electron chi connectivity index (χ2n) is 2.20. The number of benzene rings is 1. The van der Waals surface area contributed by atoms with Crippen molar-refractivity contribution in [1.82, 2.24) is 0 Å². The molecule has 0 heterocycles. The normalized spacial score (nSPS) is 10.0. The molecule has 3 N–H and O–H groups in total. The molecule has 0 aliphatic carbocycles. The summed E-state index contributed by atoms with van der Waals surface area (Å²) in [6.45, 7) is 0. The van der Waals surface area contributed by atoms with Gasteiger partial charge in [0.1, 0.15) is 5.75 Å². The summed E-state index contributed by atoms with van der Waals surface area (Å²) in [7, 11) is -1.55. The predicted octanol–water partition coefficient (Wildman–Crippen LogP) is 0.597. The highest BCUT2D eigenvalue weighted by Gasteiger charge is 2.16. The minimum atomic E-state index is -1.55. The van der Waals surface area contributed by atoms with E-state index in [9.17, 15) is 0 Å². The minimum absolute atomic E-state index is 0.0475. The molecule has 0 fully saturated rings. The summed E-state index contributed by atoms with van der Waals surface area (Å²) in [4.78, 5) is 0. The molecule has 6 heteroatoms. The topological polar surface area (TPSA) is 60.7 Å². The number of phenolic OH excluding ortho intramolecular Hbond substituents is 1. The Balaban J connectivity index is 3.23. The maximum absolute atomic E-state index is 9.17. The van der Waals surface area contributed by atoms with Gasteiger partial charge in [-0.3, -0.25) is 0 Å². The van der Waals surface area contributed by atoms with Crippen LogP contribution >= 0.6 is 31.9 Å². The molecule has 64 valence electrons. The molecule has 0 aromatic heterocycles. The lowest BCUT2D eigenvalue weighted by atomic mass is 9.80. The fourth-order valence-corrected chi connectivity index (χ4v) is 1.65. The summed E-state index contributed by atoms with van der Waals surface area (Å²) in [6, 6.07) is 2.82. The average Bonchev–Trinajstić information content (AvgIpc) is 1.96. The van der Waals surface area contributed by atoms with Crippen LogP contribution in [0, 0.1) is 0 Å². The minimum Gasteiger partial charge on any atom is -0.507 e. The Kier molecular flexibility index (Phi) is 3.17. The third-order valence-electron chi connectivity index (χ3n) is 1.34. The highest BCUT2D eigenvalue weighted by atomic mass is 79.9. The number of hydrogen-bond acceptors (Lipinski definition) is 3. The number of phenols is 1. The highest BCUT2D eigenvalue weighted by Crippen LogP contribution is 2.25. The summed E-state index contributed by atoms with van der Waals surface area (Å²) in [5.74, 6) is 0.0475. The van der Waals surface area contributed by atoms with Crippen molar-refractivity contribution in [3.8, 4) is 5.75 Å². The van der Waals surface area contributed by atoms with Gasteiger partial charge in [0, 0.05) is 4.47 Å². The van der Waals surface area contributed by atoms with Crippen LogP contribution in [0.4, 0.5) is 0 Å². The van der Waals surface area contributed by atoms with Crippen molar-refractivity contribution in [2.75, 3.05) is 0 Å². The van der Waals surface area contributed by atoms with Gasteiger partial charge in [0.25, 0.3) is 0 Å². The zero-order valence-corrected chi connectivity index (χ0v) is 9.00. The van der Waals surface area contributed by atoms with E-state index >= 15 is 0 Å². The standard InChI is InChI=1S/C6H5BBr2O3/c8-4-2-6(10)5(9)1-3(4)7(11)12/h1-2,10-12H. The van der Waals surface area contributed by atoms with Crippen LogP contribution in [-0.2, 0) is 0 Å². The molecule has 0 radical (unpaired) electrons. The van der Waals surface area contributed by atoms with E-state index in [-0.39, 0.29) is 5.75 Å². The fraction of sp³-hybridized carbons (Fsp3) is 0. The third kappa shape index (κ3) is 2.01. The van der Waals surface area contributed by atoms with Crippen LogP contribution < -0.4 is 5.46 Å². The predicted molar refractivity (Wildman–Crippen MR) is 53.3 cm³/mol. The maximum Gasteiger partial charge on any atom is 0.489 e. The van der Waals surface area contributed by atoms with E-state index in [2.05, 4.69) is 31.9 Å². The Labute approximate surface area is 86.4 Å². The molecule has 3 nitrogen and oxygen atoms in total. The number of aromatic hydroxyl groups is 1. The van der Waals surface area contributed by atoms with Crippen LogP contribution in [0.5, 0.6) is 5.75 Å². The van der Waals surface area contributed by atoms with Gasteiger partial charge in [-0.05, 0) is 33.5 Å². The van der Waals surface area contributed by atoms with E-state index in [1.807, 2.05) is 0 Å². The first kappa shape index (κ1) is 10.0. The lowest BCUT2D eigenvalue weighted by Crippen LogP contribution is -2.30. The first-order valence-electron chi connectivity index (χ1n) is 3.06. The molecule has 12 heavy (non-hydrogen) atoms. The molecule has 0 atom stereocenters. The van der Waals surface area contributed by atoms with Gasteiger partial charge in [-0.25, -0.2) is 0 Å². The zero-order valence-electron chi connectivity index (χ0n) is 5.83. The summed E-state index contributed by atoms with van der Waals surface area (Å²) in [5, 5.41) is 26.9. The quantitative estimate of drug-likeness (QED) is 0.665. The molecular weight excluding hydrogens is 291 g/mol. The molecule has 0 spiro atoms. The third-order valence-corrected chi connectivity index (χ3v) is 2.67. The lowest BCUT2D eigenvalue weighted by Gasteiger charge is -2.04. The fourth-order valence-electron chi connectivity index (χ4n) is 0.750. The smallest absolute Gasteiger partial charge is 0.489 e. The lowest BCUT2D eigenvalue weighted by molar-refractivity contribution is 0.425. The Morgan fingerprint density at radius 3 is 2.17 bits per heavy atom. The van der Waals surface area contributed by atoms with Crippen LogP contribution in [0.15, 0.2) is 21.1 Å². The number of rotatable bonds is 1. The molecule has 1 aromatic rings. The van der Waals surface area contributed by atoms with Crippen molar-refractivity contribution in [3.05, 3.63) is 21.1 Å². The summed E-state index contributed by atoms with van der Waals surface area (Å²) >= 11 is 6.14. The Morgan fingerprint density at radius 2 is 1.67 bits per heavy atom. The Morgan fingerprint density at radius 1 is 1.08 bits per heavy atom. The Hall–Kier alpha value is -0.0351. The van der Waals surface area contributed by atoms with Crippen molar-refractivity contribution in [2.24, 2.45) is 0 Å². The van der Waals surface area contributed by atoms with E-state index in [1.54, 1.807) is 0 Å².